The van der Waals surface area contributed by atoms with Crippen LogP contribution in [0.5, 0.6) is 11.5 Å². The molecule has 0 aliphatic rings. The molecule has 0 radical (unpaired) electrons. The zero-order chi connectivity index (χ0) is 19.0. The lowest BCUT2D eigenvalue weighted by Crippen LogP contribution is -1.99. The van der Waals surface area contributed by atoms with Crippen molar-refractivity contribution >= 4 is 27.9 Å². The van der Waals surface area contributed by atoms with Gasteiger partial charge in [0.2, 0.25) is 4.96 Å². The largest absolute Gasteiger partial charge is 0.493 e. The van der Waals surface area contributed by atoms with Crippen LogP contribution in [0, 0.1) is 5.82 Å². The number of aromatic nitrogens is 4. The zero-order valence-electron chi connectivity index (χ0n) is 14.4. The van der Waals surface area contributed by atoms with E-state index in [1.54, 1.807) is 30.9 Å². The number of halogens is 2. The summed E-state index contributed by atoms with van der Waals surface area (Å²) in [6.45, 7) is 0. The summed E-state index contributed by atoms with van der Waals surface area (Å²) < 4.78 is 25.7. The first-order valence-electron chi connectivity index (χ1n) is 7.96. The number of methoxy groups -OCH3 is 2. The van der Waals surface area contributed by atoms with Gasteiger partial charge in [-0.3, -0.25) is 0 Å². The van der Waals surface area contributed by atoms with Gasteiger partial charge in [0.1, 0.15) is 10.8 Å². The normalized spacial score (nSPS) is 11.1. The third-order valence-electron chi connectivity index (χ3n) is 4.03. The van der Waals surface area contributed by atoms with E-state index in [2.05, 4.69) is 15.3 Å². The van der Waals surface area contributed by atoms with Crippen molar-refractivity contribution in [3.05, 3.63) is 58.6 Å². The smallest absolute Gasteiger partial charge is 0.234 e. The van der Waals surface area contributed by atoms with Crippen LogP contribution in [-0.2, 0) is 6.42 Å². The molecule has 4 aromatic rings. The van der Waals surface area contributed by atoms with E-state index in [0.29, 0.717) is 33.7 Å². The van der Waals surface area contributed by atoms with E-state index in [1.165, 1.54) is 17.4 Å². The van der Waals surface area contributed by atoms with Gasteiger partial charge in [0.15, 0.2) is 17.3 Å². The molecule has 138 valence electrons. The van der Waals surface area contributed by atoms with Crippen molar-refractivity contribution in [3.63, 3.8) is 0 Å². The molecule has 2 aromatic heterocycles. The van der Waals surface area contributed by atoms with Crippen LogP contribution in [0.3, 0.4) is 0 Å². The number of nitrogens with zero attached hydrogens (tertiary/aromatic N) is 4. The van der Waals surface area contributed by atoms with Crippen molar-refractivity contribution in [1.82, 2.24) is 19.8 Å². The molecule has 0 N–H and O–H groups in total. The van der Waals surface area contributed by atoms with Gasteiger partial charge in [-0.15, -0.1) is 10.2 Å². The molecule has 2 aromatic carbocycles. The van der Waals surface area contributed by atoms with E-state index < -0.39 is 5.82 Å². The highest BCUT2D eigenvalue weighted by Crippen LogP contribution is 2.30. The van der Waals surface area contributed by atoms with E-state index in [0.717, 1.165) is 11.1 Å². The monoisotopic (exact) mass is 404 g/mol. The fourth-order valence-corrected chi connectivity index (χ4v) is 3.72. The van der Waals surface area contributed by atoms with Crippen LogP contribution in [0.2, 0.25) is 5.02 Å². The van der Waals surface area contributed by atoms with Crippen LogP contribution in [0.1, 0.15) is 11.4 Å². The van der Waals surface area contributed by atoms with E-state index in [1.807, 2.05) is 18.2 Å². The van der Waals surface area contributed by atoms with Gasteiger partial charge >= 0.3 is 0 Å². The molecule has 9 heteroatoms. The Bertz CT molecular complexity index is 1130. The third kappa shape index (κ3) is 3.33. The van der Waals surface area contributed by atoms with Crippen molar-refractivity contribution in [3.8, 4) is 22.1 Å². The minimum Gasteiger partial charge on any atom is -0.493 e. The first kappa shape index (κ1) is 17.7. The summed E-state index contributed by atoms with van der Waals surface area (Å²) in [6, 6.07) is 10.2. The maximum atomic E-state index is 13.4. The Morgan fingerprint density at radius 2 is 1.89 bits per heavy atom. The molecule has 6 nitrogen and oxygen atoms in total. The van der Waals surface area contributed by atoms with Crippen molar-refractivity contribution < 1.29 is 13.9 Å². The minimum atomic E-state index is -0.461. The molecule has 0 saturated heterocycles. The van der Waals surface area contributed by atoms with E-state index in [9.17, 15) is 4.39 Å². The summed E-state index contributed by atoms with van der Waals surface area (Å²) in [6.07, 6.45) is 0.523. The van der Waals surface area contributed by atoms with Crippen LogP contribution in [0.4, 0.5) is 4.39 Å². The Kier molecular flexibility index (Phi) is 4.67. The van der Waals surface area contributed by atoms with Gasteiger partial charge in [0.05, 0.1) is 19.2 Å². The van der Waals surface area contributed by atoms with Gasteiger partial charge in [-0.05, 0) is 35.9 Å². The molecular weight excluding hydrogens is 391 g/mol. The third-order valence-corrected chi connectivity index (χ3v) is 5.27. The molecule has 0 amide bonds. The standard InChI is InChI=1S/C18H14ClFN4O2S/c1-25-14-6-3-10(7-15(14)26-2)8-16-21-22-18-24(16)23-17(27-18)11-4-5-13(20)12(19)9-11/h3-7,9H,8H2,1-2H3. The fourth-order valence-electron chi connectivity index (χ4n) is 2.69. The molecule has 0 unspecified atom stereocenters. The van der Waals surface area contributed by atoms with Crippen molar-refractivity contribution in [1.29, 1.82) is 0 Å². The summed E-state index contributed by atoms with van der Waals surface area (Å²) in [5.74, 6) is 1.54. The van der Waals surface area contributed by atoms with E-state index >= 15 is 0 Å². The number of fused-ring (bicyclic) bond motifs is 1. The summed E-state index contributed by atoms with van der Waals surface area (Å²) in [7, 11) is 3.19. The van der Waals surface area contributed by atoms with Crippen LogP contribution < -0.4 is 9.47 Å². The van der Waals surface area contributed by atoms with Crippen molar-refractivity contribution in [2.75, 3.05) is 14.2 Å². The maximum absolute atomic E-state index is 13.4. The van der Waals surface area contributed by atoms with Gasteiger partial charge in [-0.25, -0.2) is 4.39 Å². The minimum absolute atomic E-state index is 0.0593. The Hall–Kier alpha value is -2.71. The summed E-state index contributed by atoms with van der Waals surface area (Å²) in [5.41, 5.74) is 1.72. The average Bonchev–Trinajstić information content (AvgIpc) is 3.26. The average molecular weight is 405 g/mol. The quantitative estimate of drug-likeness (QED) is 0.497. The second kappa shape index (κ2) is 7.13. The highest BCUT2D eigenvalue weighted by Gasteiger charge is 2.15. The molecule has 0 aliphatic heterocycles. The number of hydrogen-bond acceptors (Lipinski definition) is 6. The fraction of sp³-hybridized carbons (Fsp3) is 0.167. The first-order chi connectivity index (χ1) is 13.1. The van der Waals surface area contributed by atoms with Crippen LogP contribution in [0.25, 0.3) is 15.5 Å². The van der Waals surface area contributed by atoms with Gasteiger partial charge in [-0.2, -0.15) is 9.61 Å². The van der Waals surface area contributed by atoms with Gasteiger partial charge in [0.25, 0.3) is 0 Å². The Morgan fingerprint density at radius 1 is 1.07 bits per heavy atom. The maximum Gasteiger partial charge on any atom is 0.234 e. The van der Waals surface area contributed by atoms with Gasteiger partial charge in [0, 0.05) is 12.0 Å². The molecule has 0 atom stereocenters. The molecule has 0 bridgehead atoms. The molecule has 2 heterocycles. The van der Waals surface area contributed by atoms with Crippen molar-refractivity contribution in [2.45, 2.75) is 6.42 Å². The first-order valence-corrected chi connectivity index (χ1v) is 9.16. The SMILES string of the molecule is COc1ccc(Cc2nnc3sc(-c4ccc(F)c(Cl)c4)nn23)cc1OC. The summed E-state index contributed by atoms with van der Waals surface area (Å²) in [5, 5.41) is 13.7. The Morgan fingerprint density at radius 3 is 2.63 bits per heavy atom. The summed E-state index contributed by atoms with van der Waals surface area (Å²) >= 11 is 7.24. The highest BCUT2D eigenvalue weighted by atomic mass is 35.5. The molecule has 27 heavy (non-hydrogen) atoms. The molecule has 4 rings (SSSR count). The molecule has 0 saturated carbocycles. The van der Waals surface area contributed by atoms with Gasteiger partial charge < -0.3 is 9.47 Å². The number of ether oxygens (including phenoxy) is 2. The Labute approximate surface area is 163 Å². The second-order valence-electron chi connectivity index (χ2n) is 5.71. The topological polar surface area (TPSA) is 61.5 Å². The lowest BCUT2D eigenvalue weighted by atomic mass is 10.1. The predicted octanol–water partition coefficient (Wildman–Crippen LogP) is 4.25. The highest BCUT2D eigenvalue weighted by molar-refractivity contribution is 7.19. The lowest BCUT2D eigenvalue weighted by molar-refractivity contribution is 0.354. The lowest BCUT2D eigenvalue weighted by Gasteiger charge is -2.08. The number of rotatable bonds is 5. The number of benzene rings is 2. The van der Waals surface area contributed by atoms with Crippen LogP contribution >= 0.6 is 22.9 Å². The number of hydrogen-bond donors (Lipinski definition) is 0. The van der Waals surface area contributed by atoms with E-state index in [4.69, 9.17) is 21.1 Å². The van der Waals surface area contributed by atoms with Crippen LogP contribution in [-0.4, -0.2) is 34.0 Å². The van der Waals surface area contributed by atoms with Gasteiger partial charge in [-0.1, -0.05) is 29.0 Å². The second-order valence-corrected chi connectivity index (χ2v) is 7.08. The molecule has 0 fully saturated rings. The molecule has 0 spiro atoms. The van der Waals surface area contributed by atoms with E-state index in [-0.39, 0.29) is 5.02 Å². The van der Waals surface area contributed by atoms with Crippen LogP contribution in [0.15, 0.2) is 36.4 Å². The molecule has 0 aliphatic carbocycles. The molecular formula is C18H14ClFN4O2S. The van der Waals surface area contributed by atoms with Crippen molar-refractivity contribution in [2.24, 2.45) is 0 Å². The zero-order valence-corrected chi connectivity index (χ0v) is 16.0. The Balaban J connectivity index is 1.67. The predicted molar refractivity (Wildman–Crippen MR) is 101 cm³/mol. The summed E-state index contributed by atoms with van der Waals surface area (Å²) in [4.78, 5) is 0.654.